The summed E-state index contributed by atoms with van der Waals surface area (Å²) in [5, 5.41) is 5.42. The zero-order valence-electron chi connectivity index (χ0n) is 14.9. The average molecular weight is 416 g/mol. The first-order chi connectivity index (χ1) is 12.4. The number of hydrogen-bond donors (Lipinski definition) is 1. The van der Waals surface area contributed by atoms with Gasteiger partial charge in [0.25, 0.3) is 0 Å². The van der Waals surface area contributed by atoms with Gasteiger partial charge in [0, 0.05) is 5.02 Å². The molecule has 7 heteroatoms. The molecule has 0 unspecified atom stereocenters. The molecule has 0 saturated carbocycles. The van der Waals surface area contributed by atoms with Crippen LogP contribution < -0.4 is 14.9 Å². The van der Waals surface area contributed by atoms with Gasteiger partial charge in [0.15, 0.2) is 11.5 Å². The summed E-state index contributed by atoms with van der Waals surface area (Å²) in [6.07, 6.45) is 2.63. The smallest absolute Gasteiger partial charge is 0.161 e. The quantitative estimate of drug-likeness (QED) is 0.394. The Kier molecular flexibility index (Phi) is 7.88. The lowest BCUT2D eigenvalue weighted by molar-refractivity contribution is 0.273. The molecule has 0 atom stereocenters. The van der Waals surface area contributed by atoms with E-state index >= 15 is 0 Å². The molecule has 0 aliphatic heterocycles. The number of ether oxygens (including phenoxy) is 2. The molecule has 0 saturated heterocycles. The lowest BCUT2D eigenvalue weighted by Crippen LogP contribution is -2.03. The van der Waals surface area contributed by atoms with Gasteiger partial charge in [-0.25, -0.2) is 0 Å². The Morgan fingerprint density at radius 1 is 1.08 bits per heavy atom. The van der Waals surface area contributed by atoms with Crippen molar-refractivity contribution in [2.24, 2.45) is 11.0 Å². The largest absolute Gasteiger partial charge is 0.493 e. The number of benzene rings is 2. The molecule has 0 radical (unpaired) electrons. The molecule has 0 amide bonds. The van der Waals surface area contributed by atoms with E-state index in [1.165, 1.54) is 0 Å². The number of hydrogen-bond acceptors (Lipinski definition) is 4. The van der Waals surface area contributed by atoms with Crippen LogP contribution in [-0.2, 0) is 0 Å². The molecule has 0 heterocycles. The minimum absolute atomic E-state index is 0.395. The van der Waals surface area contributed by atoms with Gasteiger partial charge < -0.3 is 9.47 Å². The maximum atomic E-state index is 6.11. The van der Waals surface area contributed by atoms with Crippen LogP contribution in [0, 0.1) is 5.92 Å². The van der Waals surface area contributed by atoms with Gasteiger partial charge in [-0.3, -0.25) is 5.43 Å². The van der Waals surface area contributed by atoms with Crippen LogP contribution in [0.3, 0.4) is 0 Å². The molecule has 0 aliphatic rings. The molecule has 140 valence electrons. The standard InChI is InChI=1S/C19H21Cl3N2O2/c1-12(2)6-7-26-17-5-4-13(8-18(17)25-3)11-23-24-19-15(21)9-14(20)10-16(19)22/h4-5,8-12,24H,6-7H2,1-3H3. The molecule has 0 aliphatic carbocycles. The van der Waals surface area contributed by atoms with Crippen LogP contribution >= 0.6 is 34.8 Å². The van der Waals surface area contributed by atoms with E-state index in [9.17, 15) is 0 Å². The number of rotatable bonds is 8. The number of hydrazone groups is 1. The van der Waals surface area contributed by atoms with Crippen LogP contribution in [0.25, 0.3) is 0 Å². The second-order valence-corrected chi connectivity index (χ2v) is 7.31. The van der Waals surface area contributed by atoms with Crippen molar-refractivity contribution in [2.45, 2.75) is 20.3 Å². The van der Waals surface area contributed by atoms with Gasteiger partial charge in [-0.05, 0) is 48.2 Å². The van der Waals surface area contributed by atoms with Crippen LogP contribution in [0.2, 0.25) is 15.1 Å². The summed E-state index contributed by atoms with van der Waals surface area (Å²) in [6.45, 7) is 4.97. The van der Waals surface area contributed by atoms with Crippen molar-refractivity contribution in [1.82, 2.24) is 0 Å². The van der Waals surface area contributed by atoms with Gasteiger partial charge >= 0.3 is 0 Å². The minimum Gasteiger partial charge on any atom is -0.493 e. The molecule has 0 fully saturated rings. The first kappa shape index (κ1) is 20.7. The summed E-state index contributed by atoms with van der Waals surface area (Å²) < 4.78 is 11.2. The van der Waals surface area contributed by atoms with E-state index < -0.39 is 0 Å². The number of anilines is 1. The van der Waals surface area contributed by atoms with E-state index in [0.29, 0.717) is 44.8 Å². The maximum Gasteiger partial charge on any atom is 0.161 e. The molecule has 4 nitrogen and oxygen atoms in total. The highest BCUT2D eigenvalue weighted by molar-refractivity contribution is 6.41. The van der Waals surface area contributed by atoms with E-state index in [4.69, 9.17) is 44.3 Å². The Balaban J connectivity index is 2.06. The summed E-state index contributed by atoms with van der Waals surface area (Å²) >= 11 is 18.1. The lowest BCUT2D eigenvalue weighted by Gasteiger charge is -2.12. The predicted octanol–water partition coefficient (Wildman–Crippen LogP) is 6.53. The maximum absolute atomic E-state index is 6.11. The van der Waals surface area contributed by atoms with Gasteiger partial charge in [-0.15, -0.1) is 0 Å². The van der Waals surface area contributed by atoms with Crippen LogP contribution in [0.4, 0.5) is 5.69 Å². The third-order valence-corrected chi connectivity index (χ3v) is 4.35. The number of halogens is 3. The van der Waals surface area contributed by atoms with Crippen molar-refractivity contribution < 1.29 is 9.47 Å². The summed E-state index contributed by atoms with van der Waals surface area (Å²) in [7, 11) is 1.61. The lowest BCUT2D eigenvalue weighted by atomic mass is 10.1. The van der Waals surface area contributed by atoms with Gasteiger partial charge in [-0.1, -0.05) is 48.7 Å². The van der Waals surface area contributed by atoms with E-state index in [1.807, 2.05) is 18.2 Å². The first-order valence-electron chi connectivity index (χ1n) is 8.15. The molecule has 0 spiro atoms. The monoisotopic (exact) mass is 414 g/mol. The normalized spacial score (nSPS) is 11.2. The van der Waals surface area contributed by atoms with Crippen LogP contribution in [0.1, 0.15) is 25.8 Å². The van der Waals surface area contributed by atoms with E-state index in [1.54, 1.807) is 25.5 Å². The van der Waals surface area contributed by atoms with Gasteiger partial charge in [0.2, 0.25) is 0 Å². The molecule has 0 bridgehead atoms. The summed E-state index contributed by atoms with van der Waals surface area (Å²) in [5.74, 6) is 1.95. The van der Waals surface area contributed by atoms with Gasteiger partial charge in [0.1, 0.15) is 0 Å². The third kappa shape index (κ3) is 5.97. The first-order valence-corrected chi connectivity index (χ1v) is 9.28. The van der Waals surface area contributed by atoms with Gasteiger partial charge in [0.05, 0.1) is 35.7 Å². The molecular weight excluding hydrogens is 395 g/mol. The topological polar surface area (TPSA) is 42.8 Å². The molecular formula is C19H21Cl3N2O2. The Labute approximate surface area is 169 Å². The van der Waals surface area contributed by atoms with Crippen LogP contribution in [-0.4, -0.2) is 19.9 Å². The minimum atomic E-state index is 0.395. The van der Waals surface area contributed by atoms with Crippen molar-refractivity contribution in [3.05, 3.63) is 51.0 Å². The molecule has 1 N–H and O–H groups in total. The molecule has 2 rings (SSSR count). The van der Waals surface area contributed by atoms with Crippen molar-refractivity contribution >= 4 is 46.7 Å². The fourth-order valence-corrected chi connectivity index (χ4v) is 3.01. The third-order valence-electron chi connectivity index (χ3n) is 3.54. The fraction of sp³-hybridized carbons (Fsp3) is 0.316. The summed E-state index contributed by atoms with van der Waals surface area (Å²) in [5.41, 5.74) is 4.17. The van der Waals surface area contributed by atoms with Gasteiger partial charge in [-0.2, -0.15) is 5.10 Å². The second-order valence-electron chi connectivity index (χ2n) is 6.06. The van der Waals surface area contributed by atoms with Crippen molar-refractivity contribution in [1.29, 1.82) is 0 Å². The Hall–Kier alpha value is -1.62. The summed E-state index contributed by atoms with van der Waals surface area (Å²) in [4.78, 5) is 0. The molecule has 26 heavy (non-hydrogen) atoms. The number of nitrogens with zero attached hydrogens (tertiary/aromatic N) is 1. The van der Waals surface area contributed by atoms with Crippen molar-refractivity contribution in [3.63, 3.8) is 0 Å². The Morgan fingerprint density at radius 2 is 1.77 bits per heavy atom. The zero-order valence-corrected chi connectivity index (χ0v) is 17.1. The molecule has 2 aromatic rings. The Morgan fingerprint density at radius 3 is 2.38 bits per heavy atom. The van der Waals surface area contributed by atoms with E-state index in [0.717, 1.165) is 12.0 Å². The zero-order chi connectivity index (χ0) is 19.1. The Bertz CT molecular complexity index is 756. The van der Waals surface area contributed by atoms with E-state index in [2.05, 4.69) is 24.4 Å². The van der Waals surface area contributed by atoms with Crippen molar-refractivity contribution in [3.8, 4) is 11.5 Å². The number of methoxy groups -OCH3 is 1. The molecule has 2 aromatic carbocycles. The van der Waals surface area contributed by atoms with Crippen LogP contribution in [0.15, 0.2) is 35.4 Å². The van der Waals surface area contributed by atoms with Crippen molar-refractivity contribution in [2.75, 3.05) is 19.1 Å². The molecule has 0 aromatic heterocycles. The number of nitrogens with one attached hydrogen (secondary N) is 1. The average Bonchev–Trinajstić information content (AvgIpc) is 2.57. The fourth-order valence-electron chi connectivity index (χ4n) is 2.11. The predicted molar refractivity (Wildman–Crippen MR) is 111 cm³/mol. The van der Waals surface area contributed by atoms with E-state index in [-0.39, 0.29) is 0 Å². The second kappa shape index (κ2) is 9.91. The summed E-state index contributed by atoms with van der Waals surface area (Å²) in [6, 6.07) is 8.80. The van der Waals surface area contributed by atoms with Crippen LogP contribution in [0.5, 0.6) is 11.5 Å². The highest BCUT2D eigenvalue weighted by atomic mass is 35.5. The highest BCUT2D eigenvalue weighted by Gasteiger charge is 2.08. The highest BCUT2D eigenvalue weighted by Crippen LogP contribution is 2.33. The SMILES string of the molecule is COc1cc(C=NNc2c(Cl)cc(Cl)cc2Cl)ccc1OCCC(C)C.